The van der Waals surface area contributed by atoms with Crippen molar-refractivity contribution in [3.8, 4) is 6.07 Å². The lowest BCUT2D eigenvalue weighted by Gasteiger charge is -2.03. The predicted molar refractivity (Wildman–Crippen MR) is 52.6 cm³/mol. The van der Waals surface area contributed by atoms with E-state index in [4.69, 9.17) is 16.9 Å². The number of aliphatic imine (C=N–C) groups is 1. The van der Waals surface area contributed by atoms with E-state index in [-0.39, 0.29) is 5.92 Å². The van der Waals surface area contributed by atoms with Gasteiger partial charge in [-0.1, -0.05) is 17.7 Å². The first kappa shape index (κ1) is 8.28. The van der Waals surface area contributed by atoms with Crippen molar-refractivity contribution in [1.29, 1.82) is 5.26 Å². The van der Waals surface area contributed by atoms with Crippen LogP contribution in [0.5, 0.6) is 0 Å². The molecule has 0 amide bonds. The lowest BCUT2D eigenvalue weighted by molar-refractivity contribution is 0.958. The summed E-state index contributed by atoms with van der Waals surface area (Å²) in [4.78, 5) is 4.20. The Kier molecular flexibility index (Phi) is 2.03. The van der Waals surface area contributed by atoms with E-state index in [1.807, 2.05) is 24.4 Å². The van der Waals surface area contributed by atoms with Crippen LogP contribution in [0.25, 0.3) is 0 Å². The molecule has 1 heterocycles. The van der Waals surface area contributed by atoms with Crippen molar-refractivity contribution in [1.82, 2.24) is 0 Å². The number of hydrogen-bond donors (Lipinski definition) is 0. The molecular formula is C10H7ClN2. The van der Waals surface area contributed by atoms with Crippen molar-refractivity contribution in [2.24, 2.45) is 4.99 Å². The molecule has 13 heavy (non-hydrogen) atoms. The molecule has 0 fully saturated rings. The number of rotatable bonds is 1. The van der Waals surface area contributed by atoms with Crippen LogP contribution in [0.2, 0.25) is 5.02 Å². The van der Waals surface area contributed by atoms with Crippen LogP contribution in [-0.2, 0) is 0 Å². The molecule has 1 aliphatic heterocycles. The second-order valence-electron chi connectivity index (χ2n) is 2.95. The Morgan fingerprint density at radius 1 is 1.54 bits per heavy atom. The van der Waals surface area contributed by atoms with Crippen molar-refractivity contribution in [3.63, 3.8) is 0 Å². The third-order valence-electron chi connectivity index (χ3n) is 2.10. The van der Waals surface area contributed by atoms with Gasteiger partial charge in [0.2, 0.25) is 0 Å². The molecule has 0 spiro atoms. The molecule has 1 atom stereocenters. The maximum atomic E-state index is 8.57. The SMILES string of the molecule is N#CC[C@H]1C=Nc2cc(Cl)ccc21. The minimum absolute atomic E-state index is 0.150. The number of nitrogens with zero attached hydrogens (tertiary/aromatic N) is 2. The van der Waals surface area contributed by atoms with E-state index >= 15 is 0 Å². The highest BCUT2D eigenvalue weighted by atomic mass is 35.5. The van der Waals surface area contributed by atoms with E-state index < -0.39 is 0 Å². The number of hydrogen-bond acceptors (Lipinski definition) is 2. The minimum atomic E-state index is 0.150. The molecule has 0 saturated heterocycles. The molecule has 2 nitrogen and oxygen atoms in total. The Bertz CT molecular complexity index is 404. The van der Waals surface area contributed by atoms with Crippen molar-refractivity contribution < 1.29 is 0 Å². The van der Waals surface area contributed by atoms with Crippen LogP contribution in [0, 0.1) is 11.3 Å². The van der Waals surface area contributed by atoms with Gasteiger partial charge in [0.05, 0.1) is 11.8 Å². The molecular weight excluding hydrogens is 184 g/mol. The van der Waals surface area contributed by atoms with E-state index in [0.29, 0.717) is 11.4 Å². The second kappa shape index (κ2) is 3.20. The monoisotopic (exact) mass is 190 g/mol. The zero-order chi connectivity index (χ0) is 9.26. The lowest BCUT2D eigenvalue weighted by Crippen LogP contribution is -1.93. The summed E-state index contributed by atoms with van der Waals surface area (Å²) in [7, 11) is 0. The van der Waals surface area contributed by atoms with Crippen LogP contribution >= 0.6 is 11.6 Å². The van der Waals surface area contributed by atoms with Crippen LogP contribution in [0.15, 0.2) is 23.2 Å². The van der Waals surface area contributed by atoms with E-state index in [1.54, 1.807) is 0 Å². The van der Waals surface area contributed by atoms with Gasteiger partial charge in [-0.3, -0.25) is 4.99 Å². The lowest BCUT2D eigenvalue weighted by atomic mass is 9.99. The summed E-state index contributed by atoms with van der Waals surface area (Å²) in [5.41, 5.74) is 2.00. The first-order valence-electron chi connectivity index (χ1n) is 4.02. The molecule has 0 bridgehead atoms. The third kappa shape index (κ3) is 1.43. The minimum Gasteiger partial charge on any atom is -0.260 e. The summed E-state index contributed by atoms with van der Waals surface area (Å²) in [6.45, 7) is 0. The molecule has 0 radical (unpaired) electrons. The summed E-state index contributed by atoms with van der Waals surface area (Å²) in [6.07, 6.45) is 2.29. The van der Waals surface area contributed by atoms with Gasteiger partial charge in [0.15, 0.2) is 0 Å². The molecule has 0 aliphatic carbocycles. The quantitative estimate of drug-likeness (QED) is 0.671. The molecule has 0 aromatic heterocycles. The van der Waals surface area contributed by atoms with Gasteiger partial charge in [0, 0.05) is 23.6 Å². The van der Waals surface area contributed by atoms with Gasteiger partial charge in [-0.2, -0.15) is 5.26 Å². The first-order chi connectivity index (χ1) is 6.31. The van der Waals surface area contributed by atoms with Crippen molar-refractivity contribution >= 4 is 23.5 Å². The zero-order valence-corrected chi connectivity index (χ0v) is 7.62. The Labute approximate surface area is 81.5 Å². The molecule has 1 aliphatic rings. The van der Waals surface area contributed by atoms with Crippen molar-refractivity contribution in [2.75, 3.05) is 0 Å². The molecule has 0 unspecified atom stereocenters. The molecule has 2 rings (SSSR count). The first-order valence-corrected chi connectivity index (χ1v) is 4.39. The van der Waals surface area contributed by atoms with Crippen molar-refractivity contribution in [2.45, 2.75) is 12.3 Å². The molecule has 0 N–H and O–H groups in total. The van der Waals surface area contributed by atoms with Gasteiger partial charge in [-0.25, -0.2) is 0 Å². The summed E-state index contributed by atoms with van der Waals surface area (Å²) in [5.74, 6) is 0.150. The summed E-state index contributed by atoms with van der Waals surface area (Å²) < 4.78 is 0. The normalized spacial score (nSPS) is 18.3. The fourth-order valence-electron chi connectivity index (χ4n) is 1.45. The van der Waals surface area contributed by atoms with E-state index in [9.17, 15) is 0 Å². The standard InChI is InChI=1S/C10H7ClN2/c11-8-1-2-9-7(3-4-12)6-13-10(9)5-8/h1-2,5-7H,3H2/t7-/m0/s1. The highest BCUT2D eigenvalue weighted by Crippen LogP contribution is 2.35. The summed E-state index contributed by atoms with van der Waals surface area (Å²) in [5, 5.41) is 9.26. The van der Waals surface area contributed by atoms with Gasteiger partial charge in [-0.15, -0.1) is 0 Å². The van der Waals surface area contributed by atoms with Crippen LogP contribution in [0.3, 0.4) is 0 Å². The average Bonchev–Trinajstić information content (AvgIpc) is 2.49. The molecule has 1 aromatic rings. The molecule has 3 heteroatoms. The fraction of sp³-hybridized carbons (Fsp3) is 0.200. The van der Waals surface area contributed by atoms with Gasteiger partial charge < -0.3 is 0 Å². The van der Waals surface area contributed by atoms with Gasteiger partial charge >= 0.3 is 0 Å². The van der Waals surface area contributed by atoms with Crippen LogP contribution in [-0.4, -0.2) is 6.21 Å². The number of benzene rings is 1. The van der Waals surface area contributed by atoms with Gasteiger partial charge in [0.25, 0.3) is 0 Å². The van der Waals surface area contributed by atoms with E-state index in [2.05, 4.69) is 11.1 Å². The van der Waals surface area contributed by atoms with E-state index in [0.717, 1.165) is 11.3 Å². The Morgan fingerprint density at radius 3 is 3.15 bits per heavy atom. The zero-order valence-electron chi connectivity index (χ0n) is 6.87. The highest BCUT2D eigenvalue weighted by molar-refractivity contribution is 6.30. The fourth-order valence-corrected chi connectivity index (χ4v) is 1.62. The predicted octanol–water partition coefficient (Wildman–Crippen LogP) is 3.05. The molecule has 0 saturated carbocycles. The maximum Gasteiger partial charge on any atom is 0.0679 e. The Morgan fingerprint density at radius 2 is 2.38 bits per heavy atom. The van der Waals surface area contributed by atoms with Gasteiger partial charge in [-0.05, 0) is 17.7 Å². The number of fused-ring (bicyclic) bond motifs is 1. The second-order valence-corrected chi connectivity index (χ2v) is 3.39. The van der Waals surface area contributed by atoms with Gasteiger partial charge in [0.1, 0.15) is 0 Å². The molecule has 64 valence electrons. The summed E-state index contributed by atoms with van der Waals surface area (Å²) in [6, 6.07) is 7.74. The number of nitriles is 1. The maximum absolute atomic E-state index is 8.57. The van der Waals surface area contributed by atoms with Crippen LogP contribution in [0.4, 0.5) is 5.69 Å². The highest BCUT2D eigenvalue weighted by Gasteiger charge is 2.18. The average molecular weight is 191 g/mol. The third-order valence-corrected chi connectivity index (χ3v) is 2.33. The number of halogens is 1. The van der Waals surface area contributed by atoms with E-state index in [1.165, 1.54) is 0 Å². The Balaban J connectivity index is 2.39. The topological polar surface area (TPSA) is 36.1 Å². The van der Waals surface area contributed by atoms with Crippen LogP contribution in [0.1, 0.15) is 17.9 Å². The molecule has 1 aromatic carbocycles. The summed E-state index contributed by atoms with van der Waals surface area (Å²) >= 11 is 5.81. The smallest absolute Gasteiger partial charge is 0.0679 e. The largest absolute Gasteiger partial charge is 0.260 e. The van der Waals surface area contributed by atoms with Crippen molar-refractivity contribution in [3.05, 3.63) is 28.8 Å². The van der Waals surface area contributed by atoms with Crippen LogP contribution < -0.4 is 0 Å². The Hall–Kier alpha value is -1.33.